The number of sulfonamides is 1. The lowest BCUT2D eigenvalue weighted by atomic mass is 10.0. The predicted octanol–water partition coefficient (Wildman–Crippen LogP) is 0.974. The van der Waals surface area contributed by atoms with Crippen LogP contribution in [0.4, 0.5) is 0 Å². The van der Waals surface area contributed by atoms with Gasteiger partial charge < -0.3 is 9.30 Å². The zero-order valence-electron chi connectivity index (χ0n) is 13.3. The van der Waals surface area contributed by atoms with Crippen molar-refractivity contribution in [3.8, 4) is 0 Å². The highest BCUT2D eigenvalue weighted by Crippen LogP contribution is 2.24. The number of aromatic nitrogens is 2. The third-order valence-electron chi connectivity index (χ3n) is 4.86. The standard InChI is InChI=1S/C16H20N4O3S/c21-16(13-4-5-15-17-6-9-18(15)11-13)19-7-1-3-14(12-19)20-8-2-10-24(20,22)23/h4-6,9,11,14H,1-3,7-8,10,12H2/t14-/m1/s1. The highest BCUT2D eigenvalue weighted by atomic mass is 32.2. The minimum Gasteiger partial charge on any atom is -0.337 e. The topological polar surface area (TPSA) is 75.0 Å². The molecular weight excluding hydrogens is 328 g/mol. The van der Waals surface area contributed by atoms with E-state index in [9.17, 15) is 13.2 Å². The molecule has 2 aliphatic heterocycles. The molecule has 4 rings (SSSR count). The number of pyridine rings is 1. The van der Waals surface area contributed by atoms with Crippen LogP contribution >= 0.6 is 0 Å². The molecule has 2 aromatic rings. The van der Waals surface area contributed by atoms with Crippen molar-refractivity contribution < 1.29 is 13.2 Å². The zero-order chi connectivity index (χ0) is 16.7. The number of hydrogen-bond acceptors (Lipinski definition) is 4. The minimum atomic E-state index is -3.14. The van der Waals surface area contributed by atoms with E-state index in [1.807, 2.05) is 16.7 Å². The highest BCUT2D eigenvalue weighted by molar-refractivity contribution is 7.89. The molecule has 2 saturated heterocycles. The van der Waals surface area contributed by atoms with Gasteiger partial charge in [-0.3, -0.25) is 4.79 Å². The Kier molecular flexibility index (Phi) is 3.80. The van der Waals surface area contributed by atoms with Crippen molar-refractivity contribution in [2.24, 2.45) is 0 Å². The van der Waals surface area contributed by atoms with Crippen LogP contribution in [0.15, 0.2) is 30.7 Å². The Morgan fingerprint density at radius 1 is 1.21 bits per heavy atom. The maximum atomic E-state index is 12.8. The van der Waals surface area contributed by atoms with Crippen LogP contribution < -0.4 is 0 Å². The summed E-state index contributed by atoms with van der Waals surface area (Å²) < 4.78 is 27.7. The fourth-order valence-electron chi connectivity index (χ4n) is 3.67. The van der Waals surface area contributed by atoms with Crippen LogP contribution in [0.25, 0.3) is 5.65 Å². The van der Waals surface area contributed by atoms with Crippen molar-refractivity contribution in [1.29, 1.82) is 0 Å². The molecule has 2 aromatic heterocycles. The third-order valence-corrected chi connectivity index (χ3v) is 6.86. The molecule has 1 atom stereocenters. The number of piperidine rings is 1. The van der Waals surface area contributed by atoms with E-state index < -0.39 is 10.0 Å². The largest absolute Gasteiger partial charge is 0.337 e. The quantitative estimate of drug-likeness (QED) is 0.811. The van der Waals surface area contributed by atoms with E-state index in [0.29, 0.717) is 31.6 Å². The first-order valence-corrected chi connectivity index (χ1v) is 9.87. The lowest BCUT2D eigenvalue weighted by Gasteiger charge is -2.36. The first-order valence-electron chi connectivity index (χ1n) is 8.26. The number of hydrogen-bond donors (Lipinski definition) is 0. The second-order valence-electron chi connectivity index (χ2n) is 6.44. The van der Waals surface area contributed by atoms with E-state index in [4.69, 9.17) is 0 Å². The van der Waals surface area contributed by atoms with Gasteiger partial charge >= 0.3 is 0 Å². The molecule has 7 nitrogen and oxygen atoms in total. The van der Waals surface area contributed by atoms with Crippen molar-refractivity contribution >= 4 is 21.6 Å². The van der Waals surface area contributed by atoms with E-state index in [-0.39, 0.29) is 17.7 Å². The van der Waals surface area contributed by atoms with Gasteiger partial charge in [0.1, 0.15) is 5.65 Å². The smallest absolute Gasteiger partial charge is 0.255 e. The SMILES string of the molecule is O=C(c1ccc2nccn2c1)N1CCC[C@@H](N2CCCS2(=O)=O)C1. The molecule has 0 radical (unpaired) electrons. The summed E-state index contributed by atoms with van der Waals surface area (Å²) in [7, 11) is -3.14. The molecule has 0 bridgehead atoms. The van der Waals surface area contributed by atoms with Gasteiger partial charge in [0, 0.05) is 44.3 Å². The van der Waals surface area contributed by atoms with Gasteiger partial charge in [-0.1, -0.05) is 0 Å². The molecule has 0 unspecified atom stereocenters. The molecule has 1 amide bonds. The molecular formula is C16H20N4O3S. The average Bonchev–Trinajstić information content (AvgIpc) is 3.19. The molecule has 0 saturated carbocycles. The second-order valence-corrected chi connectivity index (χ2v) is 8.48. The number of nitrogens with zero attached hydrogens (tertiary/aromatic N) is 4. The minimum absolute atomic E-state index is 0.0492. The van der Waals surface area contributed by atoms with Crippen LogP contribution in [0.5, 0.6) is 0 Å². The molecule has 8 heteroatoms. The van der Waals surface area contributed by atoms with Crippen LogP contribution in [-0.4, -0.2) is 64.3 Å². The summed E-state index contributed by atoms with van der Waals surface area (Å²) in [6, 6.07) is 3.51. The van der Waals surface area contributed by atoms with Crippen LogP contribution in [0.1, 0.15) is 29.6 Å². The number of carbonyl (C=O) groups is 1. The van der Waals surface area contributed by atoms with Gasteiger partial charge in [-0.15, -0.1) is 0 Å². The van der Waals surface area contributed by atoms with Gasteiger partial charge in [-0.25, -0.2) is 13.4 Å². The summed E-state index contributed by atoms with van der Waals surface area (Å²) in [5.74, 6) is 0.182. The number of likely N-dealkylation sites (tertiary alicyclic amines) is 1. The van der Waals surface area contributed by atoms with Crippen LogP contribution in [0, 0.1) is 0 Å². The molecule has 2 aliphatic rings. The van der Waals surface area contributed by atoms with E-state index in [0.717, 1.165) is 18.5 Å². The van der Waals surface area contributed by atoms with Crippen molar-refractivity contribution in [2.75, 3.05) is 25.4 Å². The maximum Gasteiger partial charge on any atom is 0.255 e. The summed E-state index contributed by atoms with van der Waals surface area (Å²) in [6.07, 6.45) is 7.62. The predicted molar refractivity (Wildman–Crippen MR) is 89.2 cm³/mol. The van der Waals surface area contributed by atoms with Crippen molar-refractivity contribution in [3.63, 3.8) is 0 Å². The molecule has 2 fully saturated rings. The number of amides is 1. The Balaban J connectivity index is 1.54. The molecule has 0 N–H and O–H groups in total. The van der Waals surface area contributed by atoms with Gasteiger partial charge in [0.25, 0.3) is 5.91 Å². The van der Waals surface area contributed by atoms with Crippen LogP contribution in [0.3, 0.4) is 0 Å². The lowest BCUT2D eigenvalue weighted by Crippen LogP contribution is -2.50. The molecule has 4 heterocycles. The maximum absolute atomic E-state index is 12.8. The van der Waals surface area contributed by atoms with Crippen LogP contribution in [-0.2, 0) is 10.0 Å². The normalized spacial score (nSPS) is 24.5. The Hall–Kier alpha value is -1.93. The molecule has 24 heavy (non-hydrogen) atoms. The third kappa shape index (κ3) is 2.69. The van der Waals surface area contributed by atoms with Crippen molar-refractivity contribution in [3.05, 3.63) is 36.3 Å². The number of imidazole rings is 1. The fraction of sp³-hybridized carbons (Fsp3) is 0.500. The first-order chi connectivity index (χ1) is 11.5. The highest BCUT2D eigenvalue weighted by Gasteiger charge is 2.37. The Morgan fingerprint density at radius 3 is 2.88 bits per heavy atom. The molecule has 0 aliphatic carbocycles. The van der Waals surface area contributed by atoms with Crippen molar-refractivity contribution in [2.45, 2.75) is 25.3 Å². The van der Waals surface area contributed by atoms with E-state index in [1.54, 1.807) is 27.7 Å². The monoisotopic (exact) mass is 348 g/mol. The number of rotatable bonds is 2. The van der Waals surface area contributed by atoms with Gasteiger partial charge in [-0.05, 0) is 31.4 Å². The number of carbonyl (C=O) groups excluding carboxylic acids is 1. The van der Waals surface area contributed by atoms with Gasteiger partial charge in [0.05, 0.1) is 11.3 Å². The fourth-order valence-corrected chi connectivity index (χ4v) is 5.43. The zero-order valence-corrected chi connectivity index (χ0v) is 14.2. The van der Waals surface area contributed by atoms with E-state index in [1.165, 1.54) is 0 Å². The number of fused-ring (bicyclic) bond motifs is 1. The van der Waals surface area contributed by atoms with Gasteiger partial charge in [0.15, 0.2) is 0 Å². The summed E-state index contributed by atoms with van der Waals surface area (Å²) in [5.41, 5.74) is 1.40. The summed E-state index contributed by atoms with van der Waals surface area (Å²) in [6.45, 7) is 1.72. The molecule has 0 spiro atoms. The first kappa shape index (κ1) is 15.6. The Morgan fingerprint density at radius 2 is 2.08 bits per heavy atom. The molecule has 128 valence electrons. The van der Waals surface area contributed by atoms with Gasteiger partial charge in [0.2, 0.25) is 10.0 Å². The Labute approximate surface area is 140 Å². The Bertz CT molecular complexity index is 876. The van der Waals surface area contributed by atoms with Gasteiger partial charge in [-0.2, -0.15) is 4.31 Å². The average molecular weight is 348 g/mol. The molecule has 0 aromatic carbocycles. The lowest BCUT2D eigenvalue weighted by molar-refractivity contribution is 0.0658. The summed E-state index contributed by atoms with van der Waals surface area (Å²) in [4.78, 5) is 18.8. The van der Waals surface area contributed by atoms with Crippen molar-refractivity contribution in [1.82, 2.24) is 18.6 Å². The second kappa shape index (κ2) is 5.86. The summed E-state index contributed by atoms with van der Waals surface area (Å²) >= 11 is 0. The van der Waals surface area contributed by atoms with E-state index >= 15 is 0 Å². The summed E-state index contributed by atoms with van der Waals surface area (Å²) in [5, 5.41) is 0. The van der Waals surface area contributed by atoms with E-state index in [2.05, 4.69) is 4.98 Å². The van der Waals surface area contributed by atoms with Crippen LogP contribution in [0.2, 0.25) is 0 Å².